The average Bonchev–Trinajstić information content (AvgIpc) is 2.21. The van der Waals surface area contributed by atoms with Crippen LogP contribution in [-0.2, 0) is 14.4 Å². The summed E-state index contributed by atoms with van der Waals surface area (Å²) in [6, 6.07) is 0. The van der Waals surface area contributed by atoms with Gasteiger partial charge in [0.15, 0.2) is 0 Å². The van der Waals surface area contributed by atoms with Crippen LogP contribution in [0.2, 0.25) is 0 Å². The second kappa shape index (κ2) is 7.96. The lowest BCUT2D eigenvalue weighted by Crippen LogP contribution is -2.34. The third-order valence-corrected chi connectivity index (χ3v) is 1.79. The third kappa shape index (κ3) is 8.93. The van der Waals surface area contributed by atoms with Gasteiger partial charge in [0.25, 0.3) is 0 Å². The first kappa shape index (κ1) is 13.6. The molecular weight excluding hydrogens is 196 g/mol. The zero-order valence-electron chi connectivity index (χ0n) is 9.26. The Balaban J connectivity index is 3.39. The van der Waals surface area contributed by atoms with Crippen LogP contribution >= 0.6 is 0 Å². The van der Waals surface area contributed by atoms with Gasteiger partial charge in [0.2, 0.25) is 11.8 Å². The van der Waals surface area contributed by atoms with Crippen LogP contribution in [0.4, 0.5) is 0 Å². The number of amides is 2. The van der Waals surface area contributed by atoms with E-state index in [0.29, 0.717) is 19.5 Å². The van der Waals surface area contributed by atoms with Crippen LogP contribution in [0.15, 0.2) is 0 Å². The number of hydrogen-bond donors (Lipinski definition) is 2. The highest BCUT2D eigenvalue weighted by molar-refractivity contribution is 5.83. The maximum atomic E-state index is 11.1. The fraction of sp³-hybridized carbons (Fsp3) is 0.700. The van der Waals surface area contributed by atoms with E-state index in [1.54, 1.807) is 6.92 Å². The van der Waals surface area contributed by atoms with Crippen LogP contribution in [0.5, 0.6) is 0 Å². The maximum Gasteiger partial charge on any atom is 0.220 e. The Kier molecular flexibility index (Phi) is 7.23. The van der Waals surface area contributed by atoms with Crippen molar-refractivity contribution >= 4 is 17.6 Å². The number of hydrogen-bond acceptors (Lipinski definition) is 3. The Labute approximate surface area is 89.6 Å². The molecule has 0 aliphatic heterocycles. The maximum absolute atomic E-state index is 11.1. The Morgan fingerprint density at radius 2 is 1.47 bits per heavy atom. The standard InChI is InChI=1S/C10H18N2O3/c1-3-9(14)11-6-7-12-10(15)5-4-8(2)13/h3-7H2,1-2H3,(H,11,14)(H,12,15). The summed E-state index contributed by atoms with van der Waals surface area (Å²) < 4.78 is 0. The highest BCUT2D eigenvalue weighted by Crippen LogP contribution is 1.89. The summed E-state index contributed by atoms with van der Waals surface area (Å²) in [5.41, 5.74) is 0. The molecule has 5 nitrogen and oxygen atoms in total. The van der Waals surface area contributed by atoms with E-state index in [4.69, 9.17) is 0 Å². The molecule has 0 aliphatic carbocycles. The number of rotatable bonds is 7. The van der Waals surface area contributed by atoms with Gasteiger partial charge in [-0.1, -0.05) is 6.92 Å². The summed E-state index contributed by atoms with van der Waals surface area (Å²) >= 11 is 0. The minimum Gasteiger partial charge on any atom is -0.354 e. The smallest absolute Gasteiger partial charge is 0.220 e. The fourth-order valence-corrected chi connectivity index (χ4v) is 0.907. The van der Waals surface area contributed by atoms with Crippen molar-refractivity contribution < 1.29 is 14.4 Å². The lowest BCUT2D eigenvalue weighted by atomic mass is 10.2. The second-order valence-electron chi connectivity index (χ2n) is 3.26. The topological polar surface area (TPSA) is 75.3 Å². The molecule has 0 aromatic carbocycles. The van der Waals surface area contributed by atoms with E-state index in [0.717, 1.165) is 0 Å². The molecular formula is C10H18N2O3. The van der Waals surface area contributed by atoms with Gasteiger partial charge in [-0.2, -0.15) is 0 Å². The van der Waals surface area contributed by atoms with E-state index in [1.807, 2.05) is 0 Å². The third-order valence-electron chi connectivity index (χ3n) is 1.79. The molecule has 0 saturated heterocycles. The number of nitrogens with one attached hydrogen (secondary N) is 2. The van der Waals surface area contributed by atoms with Crippen LogP contribution in [0.1, 0.15) is 33.1 Å². The highest BCUT2D eigenvalue weighted by atomic mass is 16.2. The molecule has 86 valence electrons. The summed E-state index contributed by atoms with van der Waals surface area (Å²) in [4.78, 5) is 32.5. The summed E-state index contributed by atoms with van der Waals surface area (Å²) in [6.45, 7) is 4.05. The number of ketones is 1. The zero-order chi connectivity index (χ0) is 11.7. The quantitative estimate of drug-likeness (QED) is 0.586. The molecule has 0 saturated carbocycles. The van der Waals surface area contributed by atoms with Crippen molar-refractivity contribution in [1.82, 2.24) is 10.6 Å². The Morgan fingerprint density at radius 1 is 0.933 bits per heavy atom. The Hall–Kier alpha value is -1.39. The average molecular weight is 214 g/mol. The van der Waals surface area contributed by atoms with Crippen LogP contribution in [0, 0.1) is 0 Å². The molecule has 0 aromatic rings. The molecule has 0 unspecified atom stereocenters. The van der Waals surface area contributed by atoms with Crippen molar-refractivity contribution in [3.05, 3.63) is 0 Å². The van der Waals surface area contributed by atoms with Gasteiger partial charge in [-0.25, -0.2) is 0 Å². The molecule has 0 rings (SSSR count). The molecule has 2 N–H and O–H groups in total. The van der Waals surface area contributed by atoms with Gasteiger partial charge in [-0.15, -0.1) is 0 Å². The summed E-state index contributed by atoms with van der Waals surface area (Å²) in [5, 5.41) is 5.24. The molecule has 2 amide bonds. The molecule has 0 aromatic heterocycles. The van der Waals surface area contributed by atoms with Gasteiger partial charge in [0.1, 0.15) is 5.78 Å². The molecule has 0 atom stereocenters. The zero-order valence-corrected chi connectivity index (χ0v) is 9.26. The summed E-state index contributed by atoms with van der Waals surface area (Å²) in [5.74, 6) is -0.187. The highest BCUT2D eigenvalue weighted by Gasteiger charge is 2.02. The minimum absolute atomic E-state index is 0.00411. The van der Waals surface area contributed by atoms with Gasteiger partial charge in [0, 0.05) is 32.4 Å². The predicted octanol–water partition coefficient (Wildman–Crippen LogP) is -0.00200. The van der Waals surface area contributed by atoms with E-state index >= 15 is 0 Å². The first-order valence-corrected chi connectivity index (χ1v) is 5.09. The fourth-order valence-electron chi connectivity index (χ4n) is 0.907. The van der Waals surface area contributed by atoms with Crippen molar-refractivity contribution in [3.8, 4) is 0 Å². The van der Waals surface area contributed by atoms with Crippen LogP contribution < -0.4 is 10.6 Å². The van der Waals surface area contributed by atoms with Crippen molar-refractivity contribution in [2.24, 2.45) is 0 Å². The van der Waals surface area contributed by atoms with Gasteiger partial charge >= 0.3 is 0 Å². The molecule has 0 fully saturated rings. The molecule has 0 heterocycles. The van der Waals surface area contributed by atoms with Gasteiger partial charge in [0.05, 0.1) is 0 Å². The lowest BCUT2D eigenvalue weighted by molar-refractivity contribution is -0.124. The van der Waals surface area contributed by atoms with Crippen molar-refractivity contribution in [2.45, 2.75) is 33.1 Å². The minimum atomic E-state index is -0.157. The normalized spacial score (nSPS) is 9.47. The first-order chi connectivity index (χ1) is 7.06. The first-order valence-electron chi connectivity index (χ1n) is 5.09. The van der Waals surface area contributed by atoms with Crippen LogP contribution in [0.3, 0.4) is 0 Å². The largest absolute Gasteiger partial charge is 0.354 e. The van der Waals surface area contributed by atoms with Crippen molar-refractivity contribution in [3.63, 3.8) is 0 Å². The Bertz CT molecular complexity index is 239. The van der Waals surface area contributed by atoms with E-state index in [1.165, 1.54) is 6.92 Å². The summed E-state index contributed by atoms with van der Waals surface area (Å²) in [7, 11) is 0. The van der Waals surface area contributed by atoms with E-state index in [2.05, 4.69) is 10.6 Å². The monoisotopic (exact) mass is 214 g/mol. The predicted molar refractivity (Wildman–Crippen MR) is 56.2 cm³/mol. The van der Waals surface area contributed by atoms with E-state index < -0.39 is 0 Å². The van der Waals surface area contributed by atoms with Crippen LogP contribution in [-0.4, -0.2) is 30.7 Å². The van der Waals surface area contributed by atoms with Crippen molar-refractivity contribution in [1.29, 1.82) is 0 Å². The molecule has 5 heteroatoms. The second-order valence-corrected chi connectivity index (χ2v) is 3.26. The number of Topliss-reactive ketones (excluding diaryl/α,β-unsaturated/α-hetero) is 1. The van der Waals surface area contributed by atoms with Gasteiger partial charge in [-0.3, -0.25) is 9.59 Å². The molecule has 0 spiro atoms. The summed E-state index contributed by atoms with van der Waals surface area (Å²) in [6.07, 6.45) is 0.933. The molecule has 0 radical (unpaired) electrons. The SMILES string of the molecule is CCC(=O)NCCNC(=O)CCC(C)=O. The number of carbonyl (C=O) groups excluding carboxylic acids is 3. The van der Waals surface area contributed by atoms with E-state index in [9.17, 15) is 14.4 Å². The van der Waals surface area contributed by atoms with Gasteiger partial charge < -0.3 is 15.4 Å². The molecule has 0 aliphatic rings. The van der Waals surface area contributed by atoms with Gasteiger partial charge in [-0.05, 0) is 6.92 Å². The number of carbonyl (C=O) groups is 3. The molecule has 0 bridgehead atoms. The van der Waals surface area contributed by atoms with E-state index in [-0.39, 0.29) is 30.4 Å². The van der Waals surface area contributed by atoms with Crippen molar-refractivity contribution in [2.75, 3.05) is 13.1 Å². The van der Waals surface area contributed by atoms with Crippen LogP contribution in [0.25, 0.3) is 0 Å². The molecule has 15 heavy (non-hydrogen) atoms. The Morgan fingerprint density at radius 3 is 1.93 bits per heavy atom. The lowest BCUT2D eigenvalue weighted by Gasteiger charge is -2.05.